The van der Waals surface area contributed by atoms with Crippen molar-refractivity contribution in [2.45, 2.75) is 26.3 Å². The minimum atomic E-state index is -0.188. The van der Waals surface area contributed by atoms with Crippen LogP contribution in [0.4, 0.5) is 5.69 Å². The predicted molar refractivity (Wildman–Crippen MR) is 129 cm³/mol. The molecule has 2 heterocycles. The molecule has 166 valence electrons. The van der Waals surface area contributed by atoms with Crippen molar-refractivity contribution in [3.63, 3.8) is 0 Å². The van der Waals surface area contributed by atoms with Gasteiger partial charge >= 0.3 is 0 Å². The molecule has 2 aliphatic rings. The number of carbonyl (C=O) groups is 2. The molecule has 0 atom stereocenters. The number of hydrogen-bond acceptors (Lipinski definition) is 3. The summed E-state index contributed by atoms with van der Waals surface area (Å²) in [7, 11) is 0. The van der Waals surface area contributed by atoms with Gasteiger partial charge in [-0.3, -0.25) is 14.5 Å². The second-order valence-corrected chi connectivity index (χ2v) is 8.58. The third-order valence-electron chi connectivity index (χ3n) is 6.14. The van der Waals surface area contributed by atoms with Gasteiger partial charge in [-0.1, -0.05) is 54.1 Å². The summed E-state index contributed by atoms with van der Waals surface area (Å²) in [6.45, 7) is 4.15. The summed E-state index contributed by atoms with van der Waals surface area (Å²) in [5.74, 6) is 0.789. The summed E-state index contributed by atoms with van der Waals surface area (Å²) in [5.41, 5.74) is 4.47. The zero-order valence-electron chi connectivity index (χ0n) is 18.7. The first-order valence-electron chi connectivity index (χ1n) is 11.3. The van der Waals surface area contributed by atoms with Crippen LogP contribution in [0.3, 0.4) is 0 Å². The highest BCUT2D eigenvalue weighted by molar-refractivity contribution is 6.09. The Bertz CT molecular complexity index is 1210. The van der Waals surface area contributed by atoms with Crippen LogP contribution in [0.25, 0.3) is 6.08 Å². The maximum absolute atomic E-state index is 13.4. The number of benzene rings is 3. The number of anilines is 1. The molecule has 2 aliphatic heterocycles. The van der Waals surface area contributed by atoms with Crippen molar-refractivity contribution >= 4 is 23.6 Å². The molecule has 0 radical (unpaired) electrons. The molecule has 0 aromatic heterocycles. The lowest BCUT2D eigenvalue weighted by Crippen LogP contribution is -2.36. The smallest absolute Gasteiger partial charge is 0.294 e. The molecule has 1 saturated heterocycles. The number of likely N-dealkylation sites (tertiary alicyclic amines) is 1. The number of aryl methyl sites for hydroxylation is 1. The van der Waals surface area contributed by atoms with E-state index in [4.69, 9.17) is 4.74 Å². The van der Waals surface area contributed by atoms with Crippen LogP contribution in [-0.2, 0) is 11.3 Å². The number of nitrogens with zero attached hydrogens (tertiary/aromatic N) is 2. The molecular weight excluding hydrogens is 412 g/mol. The quantitative estimate of drug-likeness (QED) is 0.526. The molecule has 33 heavy (non-hydrogen) atoms. The van der Waals surface area contributed by atoms with Crippen molar-refractivity contribution in [1.29, 1.82) is 0 Å². The zero-order valence-corrected chi connectivity index (χ0v) is 18.7. The zero-order chi connectivity index (χ0) is 22.8. The monoisotopic (exact) mass is 438 g/mol. The number of amides is 2. The third kappa shape index (κ3) is 4.40. The van der Waals surface area contributed by atoms with Gasteiger partial charge in [0.15, 0.2) is 11.5 Å². The number of para-hydroxylation sites is 2. The number of hydrogen-bond donors (Lipinski definition) is 0. The molecule has 0 unspecified atom stereocenters. The fraction of sp³-hybridized carbons (Fsp3) is 0.214. The highest BCUT2D eigenvalue weighted by Crippen LogP contribution is 2.36. The Balaban J connectivity index is 1.41. The van der Waals surface area contributed by atoms with Crippen LogP contribution < -0.4 is 9.64 Å². The average Bonchev–Trinajstić information content (AvgIpc) is 3.38. The van der Waals surface area contributed by atoms with E-state index >= 15 is 0 Å². The van der Waals surface area contributed by atoms with E-state index in [1.54, 1.807) is 11.0 Å². The highest BCUT2D eigenvalue weighted by atomic mass is 16.5. The standard InChI is InChI=1S/C28H26N2O3/c1-20-8-10-22(11-9-20)19-30-24-6-2-3-7-25(24)33-26(28(30)32)18-21-12-14-23(15-13-21)27(31)29-16-4-5-17-29/h2-3,6-15,18H,4-5,16-17,19H2,1H3. The fourth-order valence-electron chi connectivity index (χ4n) is 4.27. The van der Waals surface area contributed by atoms with Crippen LogP contribution in [0.1, 0.15) is 39.9 Å². The lowest BCUT2D eigenvalue weighted by molar-refractivity contribution is -0.117. The second kappa shape index (κ2) is 8.94. The maximum atomic E-state index is 13.4. The first kappa shape index (κ1) is 21.0. The summed E-state index contributed by atoms with van der Waals surface area (Å²) in [5, 5.41) is 0. The Morgan fingerprint density at radius 3 is 2.36 bits per heavy atom. The Hall–Kier alpha value is -3.86. The van der Waals surface area contributed by atoms with Gasteiger partial charge in [0.25, 0.3) is 11.8 Å². The minimum Gasteiger partial charge on any atom is -0.449 e. The lowest BCUT2D eigenvalue weighted by Gasteiger charge is -2.30. The molecule has 2 amide bonds. The van der Waals surface area contributed by atoms with Crippen LogP contribution in [-0.4, -0.2) is 29.8 Å². The van der Waals surface area contributed by atoms with Crippen molar-refractivity contribution in [1.82, 2.24) is 4.90 Å². The number of ether oxygens (including phenoxy) is 1. The predicted octanol–water partition coefficient (Wildman–Crippen LogP) is 5.20. The topological polar surface area (TPSA) is 49.9 Å². The summed E-state index contributed by atoms with van der Waals surface area (Å²) in [6.07, 6.45) is 3.87. The SMILES string of the molecule is Cc1ccc(CN2C(=O)C(=Cc3ccc(C(=O)N4CCCC4)cc3)Oc3ccccc32)cc1. The van der Waals surface area contributed by atoms with E-state index < -0.39 is 0 Å². The summed E-state index contributed by atoms with van der Waals surface area (Å²) >= 11 is 0. The Kier molecular flexibility index (Phi) is 5.69. The maximum Gasteiger partial charge on any atom is 0.294 e. The fourth-order valence-corrected chi connectivity index (χ4v) is 4.27. The van der Waals surface area contributed by atoms with Gasteiger partial charge in [-0.25, -0.2) is 0 Å². The van der Waals surface area contributed by atoms with E-state index in [-0.39, 0.29) is 17.6 Å². The third-order valence-corrected chi connectivity index (χ3v) is 6.14. The summed E-state index contributed by atoms with van der Waals surface area (Å²) < 4.78 is 5.99. The van der Waals surface area contributed by atoms with Gasteiger partial charge in [0, 0.05) is 18.7 Å². The van der Waals surface area contributed by atoms with Crippen molar-refractivity contribution < 1.29 is 14.3 Å². The van der Waals surface area contributed by atoms with E-state index in [1.807, 2.05) is 84.6 Å². The van der Waals surface area contributed by atoms with Gasteiger partial charge in [0.2, 0.25) is 0 Å². The highest BCUT2D eigenvalue weighted by Gasteiger charge is 2.30. The van der Waals surface area contributed by atoms with Crippen molar-refractivity contribution in [2.24, 2.45) is 0 Å². The van der Waals surface area contributed by atoms with Crippen LogP contribution in [0.2, 0.25) is 0 Å². The lowest BCUT2D eigenvalue weighted by atomic mass is 10.1. The molecule has 3 aromatic rings. The van der Waals surface area contributed by atoms with Crippen LogP contribution in [0.5, 0.6) is 5.75 Å². The van der Waals surface area contributed by atoms with E-state index in [2.05, 4.69) is 0 Å². The van der Waals surface area contributed by atoms with Crippen LogP contribution in [0.15, 0.2) is 78.6 Å². The Morgan fingerprint density at radius 2 is 1.64 bits per heavy atom. The Morgan fingerprint density at radius 1 is 0.939 bits per heavy atom. The summed E-state index contributed by atoms with van der Waals surface area (Å²) in [4.78, 5) is 29.6. The normalized spacial score (nSPS) is 16.6. The molecule has 3 aromatic carbocycles. The van der Waals surface area contributed by atoms with E-state index in [0.29, 0.717) is 17.9 Å². The largest absolute Gasteiger partial charge is 0.449 e. The Labute approximate surface area is 193 Å². The van der Waals surface area contributed by atoms with Gasteiger partial charge in [0.05, 0.1) is 12.2 Å². The molecule has 5 rings (SSSR count). The molecule has 0 N–H and O–H groups in total. The molecular formula is C28H26N2O3. The first-order valence-corrected chi connectivity index (χ1v) is 11.3. The van der Waals surface area contributed by atoms with Gasteiger partial charge in [-0.15, -0.1) is 0 Å². The molecule has 0 bridgehead atoms. The van der Waals surface area contributed by atoms with Crippen molar-refractivity contribution in [3.8, 4) is 5.75 Å². The molecule has 5 nitrogen and oxygen atoms in total. The first-order chi connectivity index (χ1) is 16.1. The number of carbonyl (C=O) groups excluding carboxylic acids is 2. The second-order valence-electron chi connectivity index (χ2n) is 8.58. The van der Waals surface area contributed by atoms with E-state index in [0.717, 1.165) is 42.7 Å². The van der Waals surface area contributed by atoms with Crippen LogP contribution >= 0.6 is 0 Å². The van der Waals surface area contributed by atoms with Gasteiger partial charge in [-0.05, 0) is 61.2 Å². The van der Waals surface area contributed by atoms with E-state index in [9.17, 15) is 9.59 Å². The minimum absolute atomic E-state index is 0.0647. The number of rotatable bonds is 4. The van der Waals surface area contributed by atoms with Gasteiger partial charge in [0.1, 0.15) is 0 Å². The van der Waals surface area contributed by atoms with E-state index in [1.165, 1.54) is 5.56 Å². The molecule has 0 spiro atoms. The summed E-state index contributed by atoms with van der Waals surface area (Å²) in [6, 6.07) is 23.1. The average molecular weight is 439 g/mol. The molecule has 0 aliphatic carbocycles. The van der Waals surface area contributed by atoms with Gasteiger partial charge in [-0.2, -0.15) is 0 Å². The molecule has 1 fully saturated rings. The van der Waals surface area contributed by atoms with Crippen molar-refractivity contribution in [2.75, 3.05) is 18.0 Å². The van der Waals surface area contributed by atoms with Gasteiger partial charge < -0.3 is 9.64 Å². The van der Waals surface area contributed by atoms with Crippen LogP contribution in [0, 0.1) is 6.92 Å². The number of fused-ring (bicyclic) bond motifs is 1. The molecule has 5 heteroatoms. The van der Waals surface area contributed by atoms with Crippen molar-refractivity contribution in [3.05, 3.63) is 101 Å². The molecule has 0 saturated carbocycles.